The van der Waals surface area contributed by atoms with Crippen LogP contribution in [0.15, 0.2) is 71.9 Å². The third-order valence-corrected chi connectivity index (χ3v) is 4.02. The molecule has 0 aliphatic rings. The fourth-order valence-electron chi connectivity index (χ4n) is 2.77. The fourth-order valence-corrected chi connectivity index (χ4v) is 2.77. The molecule has 0 fully saturated rings. The minimum atomic E-state index is 0. The first-order valence-corrected chi connectivity index (χ1v) is 8.75. The molecule has 136 valence electrons. The van der Waals surface area contributed by atoms with Gasteiger partial charge in [-0.15, -0.1) is 24.0 Å². The molecule has 2 aromatic carbocycles. The molecule has 0 saturated heterocycles. The topological polar surface area (TPSA) is 49.3 Å². The van der Waals surface area contributed by atoms with Crippen LogP contribution in [0.3, 0.4) is 0 Å². The number of hydrogen-bond acceptors (Lipinski definition) is 2. The maximum absolute atomic E-state index is 4.72. The Morgan fingerprint density at radius 2 is 1.77 bits per heavy atom. The number of guanidine groups is 1. The molecule has 0 bridgehead atoms. The van der Waals surface area contributed by atoms with Crippen LogP contribution in [0.2, 0.25) is 0 Å². The molecule has 3 aromatic rings. The van der Waals surface area contributed by atoms with E-state index in [9.17, 15) is 0 Å². The minimum Gasteiger partial charge on any atom is -0.357 e. The maximum atomic E-state index is 4.72. The fraction of sp³-hybridized carbons (Fsp3) is 0.238. The smallest absolute Gasteiger partial charge is 0.191 e. The Hall–Kier alpha value is -2.15. The first kappa shape index (κ1) is 20.2. The number of nitrogens with one attached hydrogen (secondary N) is 2. The summed E-state index contributed by atoms with van der Waals surface area (Å²) in [5.74, 6) is 0.839. The van der Waals surface area contributed by atoms with Gasteiger partial charge in [-0.1, -0.05) is 54.6 Å². The van der Waals surface area contributed by atoms with Crippen molar-refractivity contribution in [3.63, 3.8) is 0 Å². The number of nitrogens with zero attached hydrogens (tertiary/aromatic N) is 2. The van der Waals surface area contributed by atoms with E-state index in [2.05, 4.69) is 71.1 Å². The van der Waals surface area contributed by atoms with Crippen LogP contribution in [0.1, 0.15) is 18.1 Å². The van der Waals surface area contributed by atoms with E-state index in [1.165, 1.54) is 5.56 Å². The molecule has 0 amide bonds. The lowest BCUT2D eigenvalue weighted by Gasteiger charge is -2.11. The Balaban J connectivity index is 0.00000243. The molecule has 0 saturated carbocycles. The molecular weight excluding hydrogens is 435 g/mol. The standard InChI is InChI=1S/C21H24N4.HI/c1-2-22-21(24-15-13-17-8-4-3-5-9-17)25-16-19-11-6-10-18-12-7-14-23-20(18)19;/h3-12,14H,2,13,15-16H2,1H3,(H2,22,24,25);1H. The summed E-state index contributed by atoms with van der Waals surface area (Å²) in [4.78, 5) is 9.22. The SMILES string of the molecule is CCNC(=NCc1cccc2cccnc12)NCCc1ccccc1.I. The zero-order valence-electron chi connectivity index (χ0n) is 15.0. The normalized spacial score (nSPS) is 11.0. The summed E-state index contributed by atoms with van der Waals surface area (Å²) in [5, 5.41) is 7.86. The van der Waals surface area contributed by atoms with Crippen molar-refractivity contribution >= 4 is 40.8 Å². The number of pyridine rings is 1. The Kier molecular flexibility index (Phi) is 8.34. The molecular formula is C21H25IN4. The summed E-state index contributed by atoms with van der Waals surface area (Å²) >= 11 is 0. The molecule has 1 heterocycles. The van der Waals surface area contributed by atoms with Crippen molar-refractivity contribution in [1.82, 2.24) is 15.6 Å². The third-order valence-electron chi connectivity index (χ3n) is 4.02. The van der Waals surface area contributed by atoms with Crippen LogP contribution in [0.25, 0.3) is 10.9 Å². The van der Waals surface area contributed by atoms with Crippen LogP contribution in [-0.4, -0.2) is 24.0 Å². The summed E-state index contributed by atoms with van der Waals surface area (Å²) in [6, 6.07) is 20.8. The van der Waals surface area contributed by atoms with Gasteiger partial charge in [-0.05, 0) is 30.5 Å². The van der Waals surface area contributed by atoms with E-state index in [0.29, 0.717) is 6.54 Å². The van der Waals surface area contributed by atoms with Gasteiger partial charge in [-0.3, -0.25) is 4.98 Å². The number of aliphatic imine (C=N–C) groups is 1. The minimum absolute atomic E-state index is 0. The highest BCUT2D eigenvalue weighted by Gasteiger charge is 2.02. The first-order valence-electron chi connectivity index (χ1n) is 8.75. The number of aromatic nitrogens is 1. The molecule has 26 heavy (non-hydrogen) atoms. The van der Waals surface area contributed by atoms with Gasteiger partial charge in [0.25, 0.3) is 0 Å². The van der Waals surface area contributed by atoms with E-state index in [1.807, 2.05) is 18.3 Å². The predicted octanol–water partition coefficient (Wildman–Crippen LogP) is 4.15. The monoisotopic (exact) mass is 460 g/mol. The van der Waals surface area contributed by atoms with Crippen LogP contribution in [-0.2, 0) is 13.0 Å². The van der Waals surface area contributed by atoms with Crippen LogP contribution in [0.5, 0.6) is 0 Å². The highest BCUT2D eigenvalue weighted by Crippen LogP contribution is 2.16. The molecule has 0 radical (unpaired) electrons. The number of rotatable bonds is 6. The third kappa shape index (κ3) is 5.69. The van der Waals surface area contributed by atoms with Gasteiger partial charge in [0.1, 0.15) is 0 Å². The summed E-state index contributed by atoms with van der Waals surface area (Å²) in [7, 11) is 0. The van der Waals surface area contributed by atoms with Crippen LogP contribution >= 0.6 is 24.0 Å². The van der Waals surface area contributed by atoms with Gasteiger partial charge in [0.2, 0.25) is 0 Å². The van der Waals surface area contributed by atoms with Crippen LogP contribution in [0, 0.1) is 0 Å². The number of hydrogen-bond donors (Lipinski definition) is 2. The number of fused-ring (bicyclic) bond motifs is 1. The molecule has 0 spiro atoms. The lowest BCUT2D eigenvalue weighted by Crippen LogP contribution is -2.38. The van der Waals surface area contributed by atoms with Gasteiger partial charge < -0.3 is 10.6 Å². The van der Waals surface area contributed by atoms with Crippen molar-refractivity contribution in [3.05, 3.63) is 78.0 Å². The van der Waals surface area contributed by atoms with Crippen LogP contribution in [0.4, 0.5) is 0 Å². The molecule has 2 N–H and O–H groups in total. The van der Waals surface area contributed by atoms with Crippen molar-refractivity contribution in [2.75, 3.05) is 13.1 Å². The summed E-state index contributed by atoms with van der Waals surface area (Å²) in [6.07, 6.45) is 2.81. The lowest BCUT2D eigenvalue weighted by molar-refractivity contribution is 0.800. The number of benzene rings is 2. The van der Waals surface area contributed by atoms with E-state index in [1.54, 1.807) is 0 Å². The summed E-state index contributed by atoms with van der Waals surface area (Å²) in [6.45, 7) is 4.37. The number of para-hydroxylation sites is 1. The molecule has 0 unspecified atom stereocenters. The molecule has 3 rings (SSSR count). The highest BCUT2D eigenvalue weighted by molar-refractivity contribution is 14.0. The van der Waals surface area contributed by atoms with Gasteiger partial charge in [0.05, 0.1) is 12.1 Å². The van der Waals surface area contributed by atoms with Crippen molar-refractivity contribution in [2.45, 2.75) is 19.9 Å². The number of halogens is 1. The Morgan fingerprint density at radius 1 is 0.962 bits per heavy atom. The zero-order valence-corrected chi connectivity index (χ0v) is 17.3. The predicted molar refractivity (Wildman–Crippen MR) is 120 cm³/mol. The van der Waals surface area contributed by atoms with Gasteiger partial charge in [0, 0.05) is 24.7 Å². The van der Waals surface area contributed by atoms with Gasteiger partial charge in [-0.25, -0.2) is 4.99 Å². The molecule has 5 heteroatoms. The van der Waals surface area contributed by atoms with E-state index >= 15 is 0 Å². The van der Waals surface area contributed by atoms with Crippen molar-refractivity contribution in [3.8, 4) is 0 Å². The van der Waals surface area contributed by atoms with E-state index < -0.39 is 0 Å². The van der Waals surface area contributed by atoms with E-state index in [4.69, 9.17) is 4.99 Å². The zero-order chi connectivity index (χ0) is 17.3. The van der Waals surface area contributed by atoms with Crippen LogP contribution < -0.4 is 10.6 Å². The second kappa shape index (κ2) is 10.8. The maximum Gasteiger partial charge on any atom is 0.191 e. The first-order chi connectivity index (χ1) is 12.4. The quantitative estimate of drug-likeness (QED) is 0.330. The lowest BCUT2D eigenvalue weighted by atomic mass is 10.1. The average molecular weight is 460 g/mol. The molecule has 4 nitrogen and oxygen atoms in total. The molecule has 0 atom stereocenters. The second-order valence-corrected chi connectivity index (χ2v) is 5.85. The molecule has 0 aliphatic heterocycles. The van der Waals surface area contributed by atoms with Crippen molar-refractivity contribution < 1.29 is 0 Å². The highest BCUT2D eigenvalue weighted by atomic mass is 127. The second-order valence-electron chi connectivity index (χ2n) is 5.85. The largest absolute Gasteiger partial charge is 0.357 e. The molecule has 0 aliphatic carbocycles. The van der Waals surface area contributed by atoms with Gasteiger partial charge >= 0.3 is 0 Å². The Labute approximate surface area is 172 Å². The van der Waals surface area contributed by atoms with Gasteiger partial charge in [-0.2, -0.15) is 0 Å². The average Bonchev–Trinajstić information content (AvgIpc) is 2.67. The summed E-state index contributed by atoms with van der Waals surface area (Å²) in [5.41, 5.74) is 3.48. The van der Waals surface area contributed by atoms with Crippen molar-refractivity contribution in [2.24, 2.45) is 4.99 Å². The van der Waals surface area contributed by atoms with Crippen molar-refractivity contribution in [1.29, 1.82) is 0 Å². The van der Waals surface area contributed by atoms with E-state index in [0.717, 1.165) is 41.9 Å². The van der Waals surface area contributed by atoms with Gasteiger partial charge in [0.15, 0.2) is 5.96 Å². The molecule has 1 aromatic heterocycles. The Bertz CT molecular complexity index is 828. The van der Waals surface area contributed by atoms with E-state index in [-0.39, 0.29) is 24.0 Å². The Morgan fingerprint density at radius 3 is 2.58 bits per heavy atom. The summed E-state index contributed by atoms with van der Waals surface area (Å²) < 4.78 is 0.